The fourth-order valence-electron chi connectivity index (χ4n) is 3.01. The molecular weight excluding hydrogens is 372 g/mol. The van der Waals surface area contributed by atoms with Gasteiger partial charge in [-0.3, -0.25) is 4.79 Å². The van der Waals surface area contributed by atoms with Crippen molar-refractivity contribution >= 4 is 15.7 Å². The third kappa shape index (κ3) is 5.00. The molecule has 2 rings (SSSR count). The molecule has 0 bridgehead atoms. The third-order valence-electron chi connectivity index (χ3n) is 4.91. The van der Waals surface area contributed by atoms with Crippen molar-refractivity contribution in [2.75, 3.05) is 20.6 Å². The van der Waals surface area contributed by atoms with E-state index in [1.807, 2.05) is 19.0 Å². The predicted molar refractivity (Wildman–Crippen MR) is 113 cm³/mol. The van der Waals surface area contributed by atoms with E-state index in [2.05, 4.69) is 36.5 Å². The molecule has 0 aliphatic rings. The monoisotopic (exact) mass is 402 g/mol. The Morgan fingerprint density at radius 1 is 1.04 bits per heavy atom. The van der Waals surface area contributed by atoms with E-state index in [-0.39, 0.29) is 22.4 Å². The van der Waals surface area contributed by atoms with Crippen LogP contribution in [0.15, 0.2) is 53.4 Å². The number of aryl methyl sites for hydroxylation is 1. The van der Waals surface area contributed by atoms with Crippen molar-refractivity contribution < 1.29 is 13.2 Å². The van der Waals surface area contributed by atoms with Crippen molar-refractivity contribution in [3.05, 3.63) is 65.2 Å². The normalized spacial score (nSPS) is 13.0. The molecule has 0 heterocycles. The van der Waals surface area contributed by atoms with Crippen molar-refractivity contribution in [2.24, 2.45) is 0 Å². The first kappa shape index (κ1) is 22.1. The van der Waals surface area contributed by atoms with Gasteiger partial charge in [0.1, 0.15) is 0 Å². The maximum atomic E-state index is 12.8. The molecule has 0 spiro atoms. The number of carbonyl (C=O) groups is 1. The van der Waals surface area contributed by atoms with Crippen molar-refractivity contribution in [2.45, 2.75) is 43.4 Å². The molecule has 2 aromatic carbocycles. The van der Waals surface area contributed by atoms with E-state index in [1.54, 1.807) is 32.0 Å². The zero-order valence-electron chi connectivity index (χ0n) is 17.3. The lowest BCUT2D eigenvalue weighted by Gasteiger charge is -2.25. The number of sulfone groups is 1. The molecule has 1 atom stereocenters. The lowest BCUT2D eigenvalue weighted by atomic mass is 10.0. The second-order valence-electron chi connectivity index (χ2n) is 7.37. The van der Waals surface area contributed by atoms with Gasteiger partial charge < -0.3 is 10.2 Å². The lowest BCUT2D eigenvalue weighted by molar-refractivity contribution is 0.0938. The molecule has 0 fully saturated rings. The second kappa shape index (κ2) is 9.34. The van der Waals surface area contributed by atoms with E-state index in [1.165, 1.54) is 11.6 Å². The van der Waals surface area contributed by atoms with Crippen molar-refractivity contribution in [1.29, 1.82) is 0 Å². The molecule has 0 aliphatic heterocycles. The fraction of sp³-hybridized carbons (Fsp3) is 0.409. The highest BCUT2D eigenvalue weighted by atomic mass is 32.2. The lowest BCUT2D eigenvalue weighted by Crippen LogP contribution is -2.35. The molecule has 28 heavy (non-hydrogen) atoms. The summed E-state index contributed by atoms with van der Waals surface area (Å²) in [5.41, 5.74) is 2.55. The van der Waals surface area contributed by atoms with Gasteiger partial charge in [-0.1, -0.05) is 43.3 Å². The van der Waals surface area contributed by atoms with Crippen LogP contribution in [0.2, 0.25) is 0 Å². The summed E-state index contributed by atoms with van der Waals surface area (Å²) >= 11 is 0. The number of likely N-dealkylation sites (N-methyl/N-ethyl adjacent to an activating group) is 1. The fourth-order valence-corrected chi connectivity index (χ4v) is 4.26. The average molecular weight is 403 g/mol. The van der Waals surface area contributed by atoms with Gasteiger partial charge in [0.25, 0.3) is 5.91 Å². The van der Waals surface area contributed by atoms with Crippen LogP contribution in [0.25, 0.3) is 0 Å². The van der Waals surface area contributed by atoms with Crippen LogP contribution >= 0.6 is 0 Å². The Balaban J connectivity index is 2.22. The van der Waals surface area contributed by atoms with Gasteiger partial charge in [0.05, 0.1) is 21.8 Å². The molecule has 1 amide bonds. The van der Waals surface area contributed by atoms with E-state index < -0.39 is 15.1 Å². The highest BCUT2D eigenvalue weighted by Gasteiger charge is 2.25. The van der Waals surface area contributed by atoms with E-state index in [4.69, 9.17) is 0 Å². The van der Waals surface area contributed by atoms with Crippen LogP contribution in [0.4, 0.5) is 0 Å². The largest absolute Gasteiger partial charge is 0.350 e. The van der Waals surface area contributed by atoms with Gasteiger partial charge in [-0.2, -0.15) is 0 Å². The number of hydrogen-bond donors (Lipinski definition) is 1. The minimum atomic E-state index is -3.54. The Labute approximate surface area is 168 Å². The van der Waals surface area contributed by atoms with Gasteiger partial charge in [0.2, 0.25) is 0 Å². The van der Waals surface area contributed by atoms with Crippen molar-refractivity contribution in [3.8, 4) is 0 Å². The highest BCUT2D eigenvalue weighted by Crippen LogP contribution is 2.22. The van der Waals surface area contributed by atoms with Crippen LogP contribution in [0.5, 0.6) is 0 Å². The first-order valence-corrected chi connectivity index (χ1v) is 11.1. The maximum absolute atomic E-state index is 12.8. The quantitative estimate of drug-likeness (QED) is 0.734. The van der Waals surface area contributed by atoms with Crippen molar-refractivity contribution in [3.63, 3.8) is 0 Å². The van der Waals surface area contributed by atoms with Crippen molar-refractivity contribution in [1.82, 2.24) is 10.2 Å². The summed E-state index contributed by atoms with van der Waals surface area (Å²) in [6.07, 6.45) is 0.977. The molecule has 152 valence electrons. The van der Waals surface area contributed by atoms with Gasteiger partial charge in [0, 0.05) is 6.54 Å². The van der Waals surface area contributed by atoms with Gasteiger partial charge in [0.15, 0.2) is 9.84 Å². The summed E-state index contributed by atoms with van der Waals surface area (Å²) in [6, 6.07) is 14.7. The molecule has 0 aliphatic carbocycles. The van der Waals surface area contributed by atoms with Crippen LogP contribution < -0.4 is 5.32 Å². The zero-order chi connectivity index (χ0) is 20.9. The standard InChI is InChI=1S/C22H30N2O3S/c1-6-17-11-13-18(14-12-17)20(24(4)5)15-23-22(25)19-9-7-8-10-21(19)28(26,27)16(2)3/h7-14,16,20H,6,15H2,1-5H3,(H,23,25). The minimum Gasteiger partial charge on any atom is -0.350 e. The number of hydrogen-bond acceptors (Lipinski definition) is 4. The molecule has 1 unspecified atom stereocenters. The molecular formula is C22H30N2O3S. The number of nitrogens with zero attached hydrogens (tertiary/aromatic N) is 1. The van der Waals surface area contributed by atoms with Crippen LogP contribution in [0.1, 0.15) is 48.3 Å². The summed E-state index contributed by atoms with van der Waals surface area (Å²) in [5, 5.41) is 2.32. The SMILES string of the molecule is CCc1ccc(C(CNC(=O)c2ccccc2S(=O)(=O)C(C)C)N(C)C)cc1. The second-order valence-corrected chi connectivity index (χ2v) is 9.85. The minimum absolute atomic E-state index is 0.0104. The summed E-state index contributed by atoms with van der Waals surface area (Å²) in [7, 11) is 0.382. The van der Waals surface area contributed by atoms with Gasteiger partial charge in [-0.05, 0) is 57.6 Å². The molecule has 1 N–H and O–H groups in total. The van der Waals surface area contributed by atoms with Gasteiger partial charge in [-0.25, -0.2) is 8.42 Å². The number of benzene rings is 2. The number of nitrogens with one attached hydrogen (secondary N) is 1. The smallest absolute Gasteiger partial charge is 0.252 e. The molecule has 0 saturated carbocycles. The molecule has 0 radical (unpaired) electrons. The van der Waals surface area contributed by atoms with E-state index in [0.717, 1.165) is 12.0 Å². The van der Waals surface area contributed by atoms with Crippen LogP contribution in [-0.2, 0) is 16.3 Å². The van der Waals surface area contributed by atoms with Crippen LogP contribution in [0, 0.1) is 0 Å². The summed E-state index contributed by atoms with van der Waals surface area (Å²) < 4.78 is 25.2. The number of amides is 1. The predicted octanol–water partition coefficient (Wildman–Crippen LogP) is 3.46. The molecule has 0 aromatic heterocycles. The summed E-state index contributed by atoms with van der Waals surface area (Å²) in [4.78, 5) is 14.9. The van der Waals surface area contributed by atoms with E-state index in [9.17, 15) is 13.2 Å². The topological polar surface area (TPSA) is 66.5 Å². The summed E-state index contributed by atoms with van der Waals surface area (Å²) in [5.74, 6) is -0.378. The molecule has 6 heteroatoms. The first-order chi connectivity index (χ1) is 13.2. The van der Waals surface area contributed by atoms with Crippen LogP contribution in [-0.4, -0.2) is 45.1 Å². The Morgan fingerprint density at radius 2 is 1.64 bits per heavy atom. The maximum Gasteiger partial charge on any atom is 0.252 e. The highest BCUT2D eigenvalue weighted by molar-refractivity contribution is 7.92. The molecule has 5 nitrogen and oxygen atoms in total. The number of carbonyl (C=O) groups excluding carboxylic acids is 1. The third-order valence-corrected chi connectivity index (χ3v) is 7.12. The molecule has 0 saturated heterocycles. The first-order valence-electron chi connectivity index (χ1n) is 9.54. The Morgan fingerprint density at radius 3 is 2.18 bits per heavy atom. The summed E-state index contributed by atoms with van der Waals surface area (Å²) in [6.45, 7) is 5.73. The Kier molecular flexibility index (Phi) is 7.38. The number of rotatable bonds is 8. The molecule has 2 aromatic rings. The van der Waals surface area contributed by atoms with Gasteiger partial charge in [-0.15, -0.1) is 0 Å². The van der Waals surface area contributed by atoms with Gasteiger partial charge >= 0.3 is 0 Å². The Hall–Kier alpha value is -2.18. The average Bonchev–Trinajstić information content (AvgIpc) is 2.68. The van der Waals surface area contributed by atoms with Crippen LogP contribution in [0.3, 0.4) is 0 Å². The zero-order valence-corrected chi connectivity index (χ0v) is 18.1. The Bertz CT molecular complexity index is 904. The van der Waals surface area contributed by atoms with E-state index in [0.29, 0.717) is 6.54 Å². The van der Waals surface area contributed by atoms with E-state index >= 15 is 0 Å².